The summed E-state index contributed by atoms with van der Waals surface area (Å²) >= 11 is 0. The van der Waals surface area contributed by atoms with Gasteiger partial charge in [-0.3, -0.25) is 9.52 Å². The molecule has 1 atom stereocenters. The highest BCUT2D eigenvalue weighted by atomic mass is 32.2. The van der Waals surface area contributed by atoms with E-state index in [1.807, 2.05) is 6.92 Å². The van der Waals surface area contributed by atoms with Crippen molar-refractivity contribution in [3.05, 3.63) is 48.0 Å². The molecule has 0 fully saturated rings. The van der Waals surface area contributed by atoms with Gasteiger partial charge in [-0.15, -0.1) is 0 Å². The fourth-order valence-corrected chi connectivity index (χ4v) is 4.14. The third-order valence-electron chi connectivity index (χ3n) is 4.06. The number of phenols is 1. The summed E-state index contributed by atoms with van der Waals surface area (Å²) in [5.74, 6) is -0.206. The Bertz CT molecular complexity index is 909. The van der Waals surface area contributed by atoms with Gasteiger partial charge in [-0.2, -0.15) is 0 Å². The molecule has 2 N–H and O–H groups in total. The number of benzene rings is 2. The Morgan fingerprint density at radius 3 is 2.62 bits per heavy atom. The summed E-state index contributed by atoms with van der Waals surface area (Å²) in [5, 5.41) is 9.74. The third-order valence-corrected chi connectivity index (χ3v) is 5.43. The molecular weight excluding hydrogens is 328 g/mol. The van der Waals surface area contributed by atoms with Crippen molar-refractivity contribution in [2.45, 2.75) is 31.2 Å². The average Bonchev–Trinajstić information content (AvgIpc) is 2.84. The molecule has 1 aliphatic heterocycles. The van der Waals surface area contributed by atoms with E-state index in [2.05, 4.69) is 4.72 Å². The molecule has 1 unspecified atom stereocenters. The van der Waals surface area contributed by atoms with Crippen molar-refractivity contribution in [2.24, 2.45) is 0 Å². The highest BCUT2D eigenvalue weighted by molar-refractivity contribution is 7.92. The smallest absolute Gasteiger partial charge is 0.262 e. The molecule has 3 rings (SSSR count). The molecule has 0 saturated carbocycles. The minimum atomic E-state index is -3.83. The van der Waals surface area contributed by atoms with Gasteiger partial charge in [0.15, 0.2) is 0 Å². The zero-order valence-electron chi connectivity index (χ0n) is 13.4. The Balaban J connectivity index is 1.95. The monoisotopic (exact) mass is 346 g/mol. The van der Waals surface area contributed by atoms with E-state index in [0.717, 1.165) is 11.3 Å². The topological polar surface area (TPSA) is 86.7 Å². The van der Waals surface area contributed by atoms with Crippen LogP contribution in [0.2, 0.25) is 0 Å². The van der Waals surface area contributed by atoms with Crippen molar-refractivity contribution in [1.82, 2.24) is 0 Å². The van der Waals surface area contributed by atoms with Crippen molar-refractivity contribution in [1.29, 1.82) is 0 Å². The number of anilines is 2. The van der Waals surface area contributed by atoms with Gasteiger partial charge in [0.25, 0.3) is 10.0 Å². The maximum atomic E-state index is 12.5. The number of hydrogen-bond acceptors (Lipinski definition) is 4. The molecule has 0 aromatic heterocycles. The number of rotatable bonds is 3. The summed E-state index contributed by atoms with van der Waals surface area (Å²) in [6, 6.07) is 10.8. The van der Waals surface area contributed by atoms with E-state index in [1.165, 1.54) is 25.1 Å². The van der Waals surface area contributed by atoms with Crippen molar-refractivity contribution in [3.63, 3.8) is 0 Å². The van der Waals surface area contributed by atoms with Crippen LogP contribution in [0.3, 0.4) is 0 Å². The molecule has 1 heterocycles. The number of carbonyl (C=O) groups excluding carboxylic acids is 1. The molecule has 1 aliphatic rings. The summed E-state index contributed by atoms with van der Waals surface area (Å²) in [6.07, 6.45) is 0.606. The number of hydrogen-bond donors (Lipinski definition) is 2. The number of amides is 1. The first kappa shape index (κ1) is 16.3. The molecule has 2 aromatic carbocycles. The van der Waals surface area contributed by atoms with Crippen LogP contribution >= 0.6 is 0 Å². The van der Waals surface area contributed by atoms with Crippen LogP contribution in [0.15, 0.2) is 47.4 Å². The largest absolute Gasteiger partial charge is 0.506 e. The fourth-order valence-electron chi connectivity index (χ4n) is 3.02. The number of para-hydroxylation sites is 2. The van der Waals surface area contributed by atoms with Gasteiger partial charge < -0.3 is 10.0 Å². The molecule has 0 bridgehead atoms. The molecule has 2 aromatic rings. The summed E-state index contributed by atoms with van der Waals surface area (Å²) in [5.41, 5.74) is 1.69. The van der Waals surface area contributed by atoms with E-state index in [4.69, 9.17) is 0 Å². The number of nitrogens with zero attached hydrogens (tertiary/aromatic N) is 1. The van der Waals surface area contributed by atoms with Crippen molar-refractivity contribution in [2.75, 3.05) is 9.62 Å². The molecule has 0 radical (unpaired) electrons. The van der Waals surface area contributed by atoms with Gasteiger partial charge in [-0.05, 0) is 49.2 Å². The van der Waals surface area contributed by atoms with Crippen LogP contribution in [0.5, 0.6) is 5.75 Å². The number of phenolic OH excluding ortho intramolecular Hbond substituents is 1. The highest BCUT2D eigenvalue weighted by Gasteiger charge is 2.30. The minimum absolute atomic E-state index is 0.00146. The maximum absolute atomic E-state index is 12.5. The standard InChI is InChI=1S/C17H18N2O4S/c1-11-9-13-10-14(7-8-16(13)19(11)12(2)20)24(22,23)18-15-5-3-4-6-17(15)21/h3-8,10-11,18,21H,9H2,1-2H3. The molecule has 7 heteroatoms. The fraction of sp³-hybridized carbons (Fsp3) is 0.235. The van der Waals surface area contributed by atoms with Crippen molar-refractivity contribution < 1.29 is 18.3 Å². The maximum Gasteiger partial charge on any atom is 0.262 e. The normalized spacial score (nSPS) is 16.8. The van der Waals surface area contributed by atoms with Gasteiger partial charge in [-0.1, -0.05) is 12.1 Å². The van der Waals surface area contributed by atoms with E-state index in [1.54, 1.807) is 29.2 Å². The van der Waals surface area contributed by atoms with E-state index >= 15 is 0 Å². The summed E-state index contributed by atoms with van der Waals surface area (Å²) in [4.78, 5) is 13.5. The quantitative estimate of drug-likeness (QED) is 0.836. The van der Waals surface area contributed by atoms with Gasteiger partial charge in [0.05, 0.1) is 10.6 Å². The second-order valence-electron chi connectivity index (χ2n) is 5.86. The van der Waals surface area contributed by atoms with Gasteiger partial charge in [0, 0.05) is 18.7 Å². The molecule has 126 valence electrons. The van der Waals surface area contributed by atoms with E-state index in [-0.39, 0.29) is 28.3 Å². The Morgan fingerprint density at radius 2 is 1.96 bits per heavy atom. The Hall–Kier alpha value is -2.54. The van der Waals surface area contributed by atoms with Crippen LogP contribution < -0.4 is 9.62 Å². The van der Waals surface area contributed by atoms with Crippen LogP contribution in [0.25, 0.3) is 0 Å². The molecule has 1 amide bonds. The zero-order valence-corrected chi connectivity index (χ0v) is 14.2. The minimum Gasteiger partial charge on any atom is -0.506 e. The lowest BCUT2D eigenvalue weighted by atomic mass is 10.1. The first-order valence-electron chi connectivity index (χ1n) is 7.53. The lowest BCUT2D eigenvalue weighted by Crippen LogP contribution is -2.33. The summed E-state index contributed by atoms with van der Waals surface area (Å²) < 4.78 is 27.5. The number of fused-ring (bicyclic) bond motifs is 1. The first-order valence-corrected chi connectivity index (χ1v) is 9.01. The predicted molar refractivity (Wildman–Crippen MR) is 91.7 cm³/mol. The van der Waals surface area contributed by atoms with Gasteiger partial charge in [0.2, 0.25) is 5.91 Å². The number of sulfonamides is 1. The van der Waals surface area contributed by atoms with E-state index < -0.39 is 10.0 Å². The van der Waals surface area contributed by atoms with Crippen LogP contribution in [-0.4, -0.2) is 25.5 Å². The molecule has 6 nitrogen and oxygen atoms in total. The summed E-state index contributed by atoms with van der Waals surface area (Å²) in [6.45, 7) is 3.42. The zero-order chi connectivity index (χ0) is 17.5. The molecule has 0 spiro atoms. The Morgan fingerprint density at radius 1 is 1.25 bits per heavy atom. The molecule has 0 aliphatic carbocycles. The SMILES string of the molecule is CC(=O)N1c2ccc(S(=O)(=O)Nc3ccccc3O)cc2CC1C. The van der Waals surface area contributed by atoms with Crippen LogP contribution in [-0.2, 0) is 21.2 Å². The van der Waals surface area contributed by atoms with Crippen molar-refractivity contribution in [3.8, 4) is 5.75 Å². The van der Waals surface area contributed by atoms with Crippen LogP contribution in [0.1, 0.15) is 19.4 Å². The van der Waals surface area contributed by atoms with E-state index in [0.29, 0.717) is 6.42 Å². The van der Waals surface area contributed by atoms with Gasteiger partial charge in [0.1, 0.15) is 5.75 Å². The first-order chi connectivity index (χ1) is 11.3. The second kappa shape index (κ2) is 5.83. The lowest BCUT2D eigenvalue weighted by molar-refractivity contribution is -0.116. The third kappa shape index (κ3) is 2.82. The predicted octanol–water partition coefficient (Wildman–Crippen LogP) is 2.49. The lowest BCUT2D eigenvalue weighted by Gasteiger charge is -2.20. The number of carbonyl (C=O) groups is 1. The Kier molecular flexibility index (Phi) is 3.96. The molecule has 0 saturated heterocycles. The van der Waals surface area contributed by atoms with Gasteiger partial charge >= 0.3 is 0 Å². The van der Waals surface area contributed by atoms with Crippen LogP contribution in [0.4, 0.5) is 11.4 Å². The molecule has 24 heavy (non-hydrogen) atoms. The van der Waals surface area contributed by atoms with Gasteiger partial charge in [-0.25, -0.2) is 8.42 Å². The Labute approximate surface area is 140 Å². The summed E-state index contributed by atoms with van der Waals surface area (Å²) in [7, 11) is -3.83. The van der Waals surface area contributed by atoms with Crippen molar-refractivity contribution >= 4 is 27.3 Å². The number of aromatic hydroxyl groups is 1. The second-order valence-corrected chi connectivity index (χ2v) is 7.54. The molecular formula is C17H18N2O4S. The number of nitrogens with one attached hydrogen (secondary N) is 1. The highest BCUT2D eigenvalue weighted by Crippen LogP contribution is 2.34. The average molecular weight is 346 g/mol. The van der Waals surface area contributed by atoms with Crippen LogP contribution in [0, 0.1) is 0 Å². The van der Waals surface area contributed by atoms with E-state index in [9.17, 15) is 18.3 Å².